The van der Waals surface area contributed by atoms with Crippen LogP contribution in [0.5, 0.6) is 46.0 Å². The van der Waals surface area contributed by atoms with Crippen molar-refractivity contribution in [3.8, 4) is 46.0 Å². The van der Waals surface area contributed by atoms with Crippen LogP contribution in [0, 0.1) is 5.41 Å². The lowest BCUT2D eigenvalue weighted by Gasteiger charge is -2.33. The molecule has 4 aromatic carbocycles. The Morgan fingerprint density at radius 1 is 0.149 bits per heavy atom. The fourth-order valence-corrected chi connectivity index (χ4v) is 13.0. The molecule has 0 atom stereocenters. The van der Waals surface area contributed by atoms with Gasteiger partial charge < -0.3 is 114 Å². The SMILES string of the molecule is COc1cc(C(C)(C)C)c(OCCOCCOCCOCCOCC(COCCOCCOCCOCCOc2cc(C(C)(C)C)c(OC)cc2C(C)(C)C)(COCCOCCOCCOCCOc2cc(C(C)(C)C)c(OC)cc2C(C)(C)C)COCCOCCOCCOCCOc2cc(C(C)(C)C)c(OC)cc2C(C)(C)C)cc1C(C)(C)C. The van der Waals surface area contributed by atoms with E-state index in [0.29, 0.717) is 211 Å². The van der Waals surface area contributed by atoms with Gasteiger partial charge in [-0.25, -0.2) is 0 Å². The Hall–Kier alpha value is -5.36. The summed E-state index contributed by atoms with van der Waals surface area (Å²) in [5.74, 6) is 6.81. The van der Waals surface area contributed by atoms with Gasteiger partial charge in [-0.3, -0.25) is 0 Å². The molecule has 0 N–H and O–H groups in total. The van der Waals surface area contributed by atoms with Gasteiger partial charge in [-0.05, 0) is 91.9 Å². The molecule has 0 aliphatic rings. The Morgan fingerprint density at radius 2 is 0.256 bits per heavy atom. The summed E-state index contributed by atoms with van der Waals surface area (Å²) in [6.45, 7) is 65.3. The molecule has 0 aliphatic carbocycles. The van der Waals surface area contributed by atoms with E-state index in [2.05, 4.69) is 215 Å². The first-order valence-corrected chi connectivity index (χ1v) is 43.7. The standard InChI is InChI=1S/C97H164O24/c1-89(2,3)73-65-85(77(93(13,14)15)61-81(73)98-25)118-57-53-110-41-37-102-29-33-106-45-49-114-69-97(70-115-50-46-107-34-30-103-38-42-111-54-58-119-86-66-74(90(4,5)6)82(99-26)62-78(86)94(16,17)18,71-116-51-47-108-35-31-104-39-43-112-55-59-120-87-67-75(91(7,8)9)83(100-27)63-79(87)95(19,20)21)72-117-52-48-109-36-32-105-40-44-113-56-60-121-88-68-76(92(10,11)12)84(101-28)64-80(88)96(22,23)24/h61-68H,29-60,69-72H2,1-28H3. The minimum atomic E-state index is -0.750. The maximum absolute atomic E-state index is 6.39. The molecular weight excluding hydrogens is 1550 g/mol. The molecule has 696 valence electrons. The fraction of sp³-hybridized carbons (Fsp3) is 0.753. The van der Waals surface area contributed by atoms with Crippen LogP contribution >= 0.6 is 0 Å². The van der Waals surface area contributed by atoms with Crippen molar-refractivity contribution in [3.05, 3.63) is 93.0 Å². The van der Waals surface area contributed by atoms with E-state index in [1.807, 2.05) is 0 Å². The number of methoxy groups -OCH3 is 4. The summed E-state index contributed by atoms with van der Waals surface area (Å²) in [7, 11) is 6.87. The van der Waals surface area contributed by atoms with E-state index in [4.69, 9.17) is 114 Å². The molecule has 0 aromatic heterocycles. The molecule has 0 spiro atoms. The lowest BCUT2D eigenvalue weighted by Crippen LogP contribution is -2.43. The molecule has 0 fully saturated rings. The second kappa shape index (κ2) is 54.6. The van der Waals surface area contributed by atoms with Gasteiger partial charge in [0.15, 0.2) is 0 Å². The molecule has 4 aromatic rings. The zero-order valence-corrected chi connectivity index (χ0v) is 80.4. The minimum Gasteiger partial charge on any atom is -0.496 e. The molecule has 0 unspecified atom stereocenters. The van der Waals surface area contributed by atoms with Crippen LogP contribution in [0.15, 0.2) is 48.5 Å². The first kappa shape index (κ1) is 108. The van der Waals surface area contributed by atoms with E-state index in [0.717, 1.165) is 90.5 Å². The Kier molecular flexibility index (Phi) is 48.7. The number of rotatable bonds is 64. The summed E-state index contributed by atoms with van der Waals surface area (Å²) in [6, 6.07) is 16.9. The summed E-state index contributed by atoms with van der Waals surface area (Å²) in [4.78, 5) is 0. The molecule has 24 heteroatoms. The monoisotopic (exact) mass is 1710 g/mol. The second-order valence-corrected chi connectivity index (χ2v) is 38.6. The van der Waals surface area contributed by atoms with Crippen molar-refractivity contribution in [2.24, 2.45) is 5.41 Å². The van der Waals surface area contributed by atoms with E-state index in [1.54, 1.807) is 28.4 Å². The van der Waals surface area contributed by atoms with Crippen molar-refractivity contribution in [1.82, 2.24) is 0 Å². The normalized spacial score (nSPS) is 12.9. The Bertz CT molecular complexity index is 3000. The van der Waals surface area contributed by atoms with Crippen LogP contribution in [-0.4, -0.2) is 266 Å². The largest absolute Gasteiger partial charge is 0.496 e. The van der Waals surface area contributed by atoms with Crippen LogP contribution in [0.3, 0.4) is 0 Å². The highest BCUT2D eigenvalue weighted by molar-refractivity contribution is 5.55. The van der Waals surface area contributed by atoms with E-state index in [-0.39, 0.29) is 69.7 Å². The van der Waals surface area contributed by atoms with Crippen LogP contribution in [0.1, 0.15) is 211 Å². The number of hydrogen-bond acceptors (Lipinski definition) is 24. The van der Waals surface area contributed by atoms with E-state index < -0.39 is 5.41 Å². The molecule has 4 rings (SSSR count). The van der Waals surface area contributed by atoms with Crippen molar-refractivity contribution in [2.45, 2.75) is 209 Å². The average Bonchev–Trinajstić information content (AvgIpc) is 0.800. The van der Waals surface area contributed by atoms with Gasteiger partial charge >= 0.3 is 0 Å². The van der Waals surface area contributed by atoms with E-state index >= 15 is 0 Å². The van der Waals surface area contributed by atoms with Gasteiger partial charge in [0, 0.05) is 44.5 Å². The molecule has 0 radical (unpaired) electrons. The first-order valence-electron chi connectivity index (χ1n) is 43.7. The maximum atomic E-state index is 6.39. The molecule has 121 heavy (non-hydrogen) atoms. The van der Waals surface area contributed by atoms with Gasteiger partial charge in [0.25, 0.3) is 0 Å². The predicted molar refractivity (Wildman–Crippen MR) is 479 cm³/mol. The first-order chi connectivity index (χ1) is 57.0. The molecule has 24 nitrogen and oxygen atoms in total. The zero-order chi connectivity index (χ0) is 89.8. The third-order valence-electron chi connectivity index (χ3n) is 19.7. The van der Waals surface area contributed by atoms with Gasteiger partial charge in [-0.1, -0.05) is 166 Å². The Labute approximate surface area is 730 Å². The lowest BCUT2D eigenvalue weighted by atomic mass is 9.81. The molecule has 0 saturated heterocycles. The highest BCUT2D eigenvalue weighted by Crippen LogP contribution is 2.46. The molecule has 0 amide bonds. The molecule has 0 aliphatic heterocycles. The highest BCUT2D eigenvalue weighted by atomic mass is 16.6. The van der Waals surface area contributed by atoms with E-state index in [9.17, 15) is 0 Å². The number of hydrogen-bond donors (Lipinski definition) is 0. The summed E-state index contributed by atoms with van der Waals surface area (Å²) >= 11 is 0. The zero-order valence-electron chi connectivity index (χ0n) is 80.4. The van der Waals surface area contributed by atoms with Crippen molar-refractivity contribution in [3.63, 3.8) is 0 Å². The summed E-state index contributed by atoms with van der Waals surface area (Å²) < 4.78 is 145. The number of benzene rings is 4. The van der Waals surface area contributed by atoms with Crippen molar-refractivity contribution in [1.29, 1.82) is 0 Å². The summed E-state index contributed by atoms with van der Waals surface area (Å²) in [5.41, 5.74) is 6.88. The van der Waals surface area contributed by atoms with Gasteiger partial charge in [-0.15, -0.1) is 0 Å². The lowest BCUT2D eigenvalue weighted by molar-refractivity contribution is -0.123. The quantitative estimate of drug-likeness (QED) is 0.0375. The van der Waals surface area contributed by atoms with Gasteiger partial charge in [0.1, 0.15) is 72.4 Å². The Balaban J connectivity index is 1.30. The van der Waals surface area contributed by atoms with Crippen LogP contribution in [0.25, 0.3) is 0 Å². The molecular formula is C97H164O24. The Morgan fingerprint density at radius 3 is 0.380 bits per heavy atom. The van der Waals surface area contributed by atoms with Gasteiger partial charge in [0.05, 0.1) is 245 Å². The second-order valence-electron chi connectivity index (χ2n) is 38.6. The van der Waals surface area contributed by atoms with Crippen LogP contribution in [-0.2, 0) is 119 Å². The van der Waals surface area contributed by atoms with Crippen LogP contribution < -0.4 is 37.9 Å². The topological polar surface area (TPSA) is 222 Å². The summed E-state index contributed by atoms with van der Waals surface area (Å²) in [6.07, 6.45) is 0. The average molecular weight is 1710 g/mol. The third kappa shape index (κ3) is 41.8. The molecule has 0 heterocycles. The molecule has 0 bridgehead atoms. The highest BCUT2D eigenvalue weighted by Gasteiger charge is 2.35. The third-order valence-corrected chi connectivity index (χ3v) is 19.7. The van der Waals surface area contributed by atoms with Crippen molar-refractivity contribution in [2.75, 3.05) is 266 Å². The van der Waals surface area contributed by atoms with Gasteiger partial charge in [-0.2, -0.15) is 0 Å². The minimum absolute atomic E-state index is 0.123. The van der Waals surface area contributed by atoms with Crippen molar-refractivity contribution < 1.29 is 114 Å². The maximum Gasteiger partial charge on any atom is 0.123 e. The van der Waals surface area contributed by atoms with Crippen LogP contribution in [0.4, 0.5) is 0 Å². The van der Waals surface area contributed by atoms with Crippen LogP contribution in [0.2, 0.25) is 0 Å². The number of ether oxygens (including phenoxy) is 24. The molecule has 0 saturated carbocycles. The van der Waals surface area contributed by atoms with Gasteiger partial charge in [0.2, 0.25) is 0 Å². The van der Waals surface area contributed by atoms with Crippen molar-refractivity contribution >= 4 is 0 Å². The summed E-state index contributed by atoms with van der Waals surface area (Å²) in [5, 5.41) is 0. The smallest absolute Gasteiger partial charge is 0.123 e. The van der Waals surface area contributed by atoms with E-state index in [1.165, 1.54) is 0 Å². The predicted octanol–water partition coefficient (Wildman–Crippen LogP) is 17.0. The fourth-order valence-electron chi connectivity index (χ4n) is 13.0.